The summed E-state index contributed by atoms with van der Waals surface area (Å²) in [7, 11) is 0. The average molecular weight is 619 g/mol. The molecule has 0 aliphatic carbocycles. The SMILES string of the molecule is CCOC(=O)C(C)(CC)Oc1ccc(F)cc1F.CCOC(=O)C(C)Oc1ccc(F)cc1F.Oc1ccc(F)cc1F. The molecule has 236 valence electrons. The minimum absolute atomic E-state index is 0.172. The van der Waals surface area contributed by atoms with Crippen LogP contribution in [0.4, 0.5) is 26.3 Å². The van der Waals surface area contributed by atoms with Crippen LogP contribution in [0.5, 0.6) is 17.2 Å². The highest BCUT2D eigenvalue weighted by atomic mass is 19.2. The van der Waals surface area contributed by atoms with Crippen molar-refractivity contribution in [3.05, 3.63) is 89.5 Å². The van der Waals surface area contributed by atoms with Gasteiger partial charge in [-0.15, -0.1) is 0 Å². The van der Waals surface area contributed by atoms with E-state index in [1.807, 2.05) is 0 Å². The molecule has 0 amide bonds. The molecular weight excluding hydrogens is 586 g/mol. The zero-order valence-electron chi connectivity index (χ0n) is 24.1. The summed E-state index contributed by atoms with van der Waals surface area (Å²) >= 11 is 0. The van der Waals surface area contributed by atoms with Crippen molar-refractivity contribution in [2.45, 2.75) is 52.7 Å². The number of carbonyl (C=O) groups excluding carboxylic acids is 2. The molecule has 7 nitrogen and oxygen atoms in total. The third kappa shape index (κ3) is 12.1. The van der Waals surface area contributed by atoms with Gasteiger partial charge in [-0.05, 0) is 70.5 Å². The van der Waals surface area contributed by atoms with Gasteiger partial charge in [0.2, 0.25) is 5.60 Å². The fourth-order valence-electron chi connectivity index (χ4n) is 2.89. The van der Waals surface area contributed by atoms with Crippen molar-refractivity contribution >= 4 is 11.9 Å². The van der Waals surface area contributed by atoms with Crippen molar-refractivity contribution in [1.29, 1.82) is 0 Å². The van der Waals surface area contributed by atoms with E-state index in [4.69, 9.17) is 19.3 Å². The van der Waals surface area contributed by atoms with Crippen LogP contribution in [0.3, 0.4) is 0 Å². The van der Waals surface area contributed by atoms with E-state index in [1.165, 1.54) is 13.8 Å². The summed E-state index contributed by atoms with van der Waals surface area (Å²) in [6.07, 6.45) is -0.622. The number of hydrogen-bond acceptors (Lipinski definition) is 7. The van der Waals surface area contributed by atoms with Crippen molar-refractivity contribution in [3.63, 3.8) is 0 Å². The lowest BCUT2D eigenvalue weighted by Gasteiger charge is -2.27. The van der Waals surface area contributed by atoms with Gasteiger partial charge in [-0.25, -0.2) is 35.9 Å². The second-order valence-electron chi connectivity index (χ2n) is 8.66. The topological polar surface area (TPSA) is 91.3 Å². The third-order valence-electron chi connectivity index (χ3n) is 5.34. The van der Waals surface area contributed by atoms with Gasteiger partial charge in [0.15, 0.2) is 40.8 Å². The molecule has 3 aromatic rings. The molecule has 1 N–H and O–H groups in total. The molecule has 0 aliphatic heterocycles. The normalized spacial score (nSPS) is 12.3. The Balaban J connectivity index is 0.000000339. The van der Waals surface area contributed by atoms with Gasteiger partial charge < -0.3 is 24.1 Å². The molecule has 3 aromatic carbocycles. The molecule has 2 atom stereocenters. The van der Waals surface area contributed by atoms with E-state index < -0.39 is 64.3 Å². The van der Waals surface area contributed by atoms with Crippen LogP contribution < -0.4 is 9.47 Å². The van der Waals surface area contributed by atoms with Crippen molar-refractivity contribution in [1.82, 2.24) is 0 Å². The first-order chi connectivity index (χ1) is 20.2. The first-order valence-electron chi connectivity index (χ1n) is 12.9. The summed E-state index contributed by atoms with van der Waals surface area (Å²) in [6.45, 7) is 8.42. The number of phenols is 1. The van der Waals surface area contributed by atoms with Gasteiger partial charge in [0.1, 0.15) is 17.5 Å². The number of rotatable bonds is 9. The van der Waals surface area contributed by atoms with E-state index in [0.29, 0.717) is 24.6 Å². The van der Waals surface area contributed by atoms with Gasteiger partial charge in [-0.1, -0.05) is 6.92 Å². The van der Waals surface area contributed by atoms with Gasteiger partial charge >= 0.3 is 11.9 Å². The number of esters is 2. The molecule has 0 heterocycles. The van der Waals surface area contributed by atoms with Gasteiger partial charge in [-0.3, -0.25) is 0 Å². The van der Waals surface area contributed by atoms with Crippen molar-refractivity contribution < 1.29 is 60.0 Å². The molecule has 0 aromatic heterocycles. The smallest absolute Gasteiger partial charge is 0.350 e. The van der Waals surface area contributed by atoms with Crippen LogP contribution in [-0.2, 0) is 19.1 Å². The standard InChI is InChI=1S/C13H16F2O3.C11H12F2O3.C6H4F2O/c1-4-13(3,12(16)17-5-2)18-11-7-6-9(14)8-10(11)15;1-3-15-11(14)7(2)16-10-5-4-8(12)6-9(10)13;7-4-1-2-6(9)5(8)3-4/h6-8H,4-5H2,1-3H3;4-7H,3H2,1-2H3;1-3,9H. The van der Waals surface area contributed by atoms with E-state index >= 15 is 0 Å². The van der Waals surface area contributed by atoms with E-state index in [-0.39, 0.29) is 24.7 Å². The largest absolute Gasteiger partial charge is 0.505 e. The maximum atomic E-state index is 13.4. The highest BCUT2D eigenvalue weighted by Crippen LogP contribution is 2.26. The van der Waals surface area contributed by atoms with Crippen LogP contribution in [0.2, 0.25) is 0 Å². The first-order valence-corrected chi connectivity index (χ1v) is 12.9. The molecule has 0 radical (unpaired) electrons. The summed E-state index contributed by atoms with van der Waals surface area (Å²) in [5.74, 6) is -6.77. The highest BCUT2D eigenvalue weighted by molar-refractivity contribution is 5.79. The van der Waals surface area contributed by atoms with Gasteiger partial charge in [0.25, 0.3) is 0 Å². The highest BCUT2D eigenvalue weighted by Gasteiger charge is 2.36. The number of aromatic hydroxyl groups is 1. The summed E-state index contributed by atoms with van der Waals surface area (Å²) in [4.78, 5) is 22.9. The predicted molar refractivity (Wildman–Crippen MR) is 143 cm³/mol. The zero-order valence-corrected chi connectivity index (χ0v) is 24.1. The second kappa shape index (κ2) is 17.5. The number of ether oxygens (including phenoxy) is 4. The molecule has 0 saturated heterocycles. The Morgan fingerprint density at radius 3 is 1.63 bits per heavy atom. The number of halogens is 6. The van der Waals surface area contributed by atoms with E-state index in [1.54, 1.807) is 20.8 Å². The lowest BCUT2D eigenvalue weighted by atomic mass is 10.0. The predicted octanol–water partition coefficient (Wildman–Crippen LogP) is 7.04. The Morgan fingerprint density at radius 1 is 0.744 bits per heavy atom. The molecule has 0 saturated carbocycles. The quantitative estimate of drug-likeness (QED) is 0.203. The maximum absolute atomic E-state index is 13.4. The Labute approximate surface area is 245 Å². The number of hydrogen-bond donors (Lipinski definition) is 1. The minimum Gasteiger partial charge on any atom is -0.505 e. The van der Waals surface area contributed by atoms with Crippen LogP contribution in [0, 0.1) is 34.9 Å². The van der Waals surface area contributed by atoms with Crippen molar-refractivity contribution in [3.8, 4) is 17.2 Å². The van der Waals surface area contributed by atoms with Crippen LogP contribution in [0.1, 0.15) is 41.0 Å². The lowest BCUT2D eigenvalue weighted by molar-refractivity contribution is -0.160. The molecule has 2 unspecified atom stereocenters. The Morgan fingerprint density at radius 2 is 1.21 bits per heavy atom. The number of carbonyl (C=O) groups is 2. The molecule has 0 aliphatic rings. The Kier molecular flexibility index (Phi) is 14.9. The van der Waals surface area contributed by atoms with Crippen LogP contribution >= 0.6 is 0 Å². The Bertz CT molecular complexity index is 1350. The van der Waals surface area contributed by atoms with Crippen LogP contribution in [0.15, 0.2) is 54.6 Å². The van der Waals surface area contributed by atoms with Gasteiger partial charge in [0, 0.05) is 18.2 Å². The van der Waals surface area contributed by atoms with Crippen molar-refractivity contribution in [2.24, 2.45) is 0 Å². The maximum Gasteiger partial charge on any atom is 0.350 e. The van der Waals surface area contributed by atoms with Crippen LogP contribution in [-0.4, -0.2) is 42.0 Å². The fourth-order valence-corrected chi connectivity index (χ4v) is 2.89. The molecule has 43 heavy (non-hydrogen) atoms. The van der Waals surface area contributed by atoms with E-state index in [9.17, 15) is 35.9 Å². The monoisotopic (exact) mass is 618 g/mol. The van der Waals surface area contributed by atoms with Crippen molar-refractivity contribution in [2.75, 3.05) is 13.2 Å². The number of benzene rings is 3. The summed E-state index contributed by atoms with van der Waals surface area (Å²) in [5, 5.41) is 8.50. The van der Waals surface area contributed by atoms with Gasteiger partial charge in [0.05, 0.1) is 13.2 Å². The number of phenolic OH excluding ortho intramolecular Hbond substituents is 1. The zero-order chi connectivity index (χ0) is 32.7. The molecule has 0 spiro atoms. The van der Waals surface area contributed by atoms with Gasteiger partial charge in [-0.2, -0.15) is 0 Å². The van der Waals surface area contributed by atoms with E-state index in [0.717, 1.165) is 36.4 Å². The summed E-state index contributed by atoms with van der Waals surface area (Å²) in [6, 6.07) is 8.36. The third-order valence-corrected chi connectivity index (χ3v) is 5.34. The second-order valence-corrected chi connectivity index (χ2v) is 8.66. The molecule has 3 rings (SSSR count). The van der Waals surface area contributed by atoms with Crippen LogP contribution in [0.25, 0.3) is 0 Å². The Hall–Kier alpha value is -4.42. The molecule has 13 heteroatoms. The lowest BCUT2D eigenvalue weighted by Crippen LogP contribution is -2.42. The summed E-state index contributed by atoms with van der Waals surface area (Å²) in [5.41, 5.74) is -1.28. The summed E-state index contributed by atoms with van der Waals surface area (Å²) < 4.78 is 95.9. The molecule has 0 fully saturated rings. The molecule has 0 bridgehead atoms. The molecular formula is C30H32F6O7. The minimum atomic E-state index is -1.28. The first kappa shape index (κ1) is 36.6. The average Bonchev–Trinajstić information content (AvgIpc) is 2.95. The van der Waals surface area contributed by atoms with E-state index in [2.05, 4.69) is 4.74 Å². The fraction of sp³-hybridized carbons (Fsp3) is 0.333.